The molecule has 0 amide bonds. The Hall–Kier alpha value is -1.42. The fourth-order valence-corrected chi connectivity index (χ4v) is 2.08. The first-order valence-corrected chi connectivity index (χ1v) is 5.84. The second-order valence-electron chi connectivity index (χ2n) is 3.18. The van der Waals surface area contributed by atoms with Crippen molar-refractivity contribution in [3.8, 4) is 0 Å². The predicted molar refractivity (Wildman–Crippen MR) is 60.4 cm³/mol. The Bertz CT molecular complexity index is 502. The summed E-state index contributed by atoms with van der Waals surface area (Å²) in [5.74, 6) is -0.124. The molecule has 0 saturated carbocycles. The molecule has 2 aromatic rings. The predicted octanol–water partition coefficient (Wildman–Crippen LogP) is 2.99. The van der Waals surface area contributed by atoms with E-state index >= 15 is 0 Å². The van der Waals surface area contributed by atoms with Gasteiger partial charge in [-0.15, -0.1) is 0 Å². The minimum Gasteiger partial charge on any atom is -0.478 e. The number of thioether (sulfide) groups is 1. The first-order chi connectivity index (χ1) is 7.24. The van der Waals surface area contributed by atoms with Crippen molar-refractivity contribution in [1.82, 2.24) is 0 Å². The molecule has 78 valence electrons. The summed E-state index contributed by atoms with van der Waals surface area (Å²) in [6.45, 7) is 0. The van der Waals surface area contributed by atoms with Gasteiger partial charge in [-0.3, -0.25) is 0 Å². The zero-order chi connectivity index (χ0) is 10.8. The molecule has 0 aliphatic heterocycles. The fraction of sp³-hybridized carbons (Fsp3) is 0.182. The quantitative estimate of drug-likeness (QED) is 0.867. The van der Waals surface area contributed by atoms with E-state index in [9.17, 15) is 4.79 Å². The zero-order valence-electron chi connectivity index (χ0n) is 8.19. The number of carbonyl (C=O) groups is 1. The van der Waals surface area contributed by atoms with Crippen LogP contribution in [0.25, 0.3) is 11.0 Å². The molecule has 0 atom stereocenters. The molecule has 15 heavy (non-hydrogen) atoms. The molecule has 1 aromatic carbocycles. The topological polar surface area (TPSA) is 50.4 Å². The molecule has 0 unspecified atom stereocenters. The van der Waals surface area contributed by atoms with Crippen molar-refractivity contribution in [2.75, 3.05) is 6.26 Å². The van der Waals surface area contributed by atoms with Crippen molar-refractivity contribution in [3.63, 3.8) is 0 Å². The van der Waals surface area contributed by atoms with Crippen LogP contribution in [0.3, 0.4) is 0 Å². The summed E-state index contributed by atoms with van der Waals surface area (Å²) in [7, 11) is 0. The Labute approximate surface area is 91.1 Å². The molecule has 1 N–H and O–H groups in total. The van der Waals surface area contributed by atoms with Crippen LogP contribution in [0.4, 0.5) is 0 Å². The number of hydrogen-bond donors (Lipinski definition) is 1. The molecule has 0 bridgehead atoms. The van der Waals surface area contributed by atoms with E-state index in [1.54, 1.807) is 30.2 Å². The minimum absolute atomic E-state index is 0.222. The van der Waals surface area contributed by atoms with Crippen molar-refractivity contribution in [2.45, 2.75) is 5.75 Å². The van der Waals surface area contributed by atoms with Gasteiger partial charge in [-0.1, -0.05) is 12.1 Å². The summed E-state index contributed by atoms with van der Waals surface area (Å²) in [5.41, 5.74) is 1.73. The lowest BCUT2D eigenvalue weighted by Crippen LogP contribution is -1.95. The number of benzene rings is 1. The summed E-state index contributed by atoms with van der Waals surface area (Å²) in [5, 5.41) is 9.85. The summed E-state index contributed by atoms with van der Waals surface area (Å²) in [6, 6.07) is 5.18. The van der Waals surface area contributed by atoms with E-state index in [1.165, 1.54) is 0 Å². The van der Waals surface area contributed by atoms with Gasteiger partial charge in [-0.25, -0.2) is 4.79 Å². The SMILES string of the molecule is CSCc1coc2c(C(=O)O)cccc12. The first-order valence-electron chi connectivity index (χ1n) is 4.45. The molecule has 0 aliphatic carbocycles. The van der Waals surface area contributed by atoms with Crippen LogP contribution >= 0.6 is 11.8 Å². The molecule has 0 fully saturated rings. The lowest BCUT2D eigenvalue weighted by atomic mass is 10.1. The van der Waals surface area contributed by atoms with Crippen LogP contribution in [-0.4, -0.2) is 17.3 Å². The van der Waals surface area contributed by atoms with Crippen molar-refractivity contribution in [1.29, 1.82) is 0 Å². The van der Waals surface area contributed by atoms with E-state index in [4.69, 9.17) is 9.52 Å². The highest BCUT2D eigenvalue weighted by Crippen LogP contribution is 2.26. The molecule has 1 aromatic heterocycles. The van der Waals surface area contributed by atoms with Gasteiger partial charge in [0.2, 0.25) is 0 Å². The largest absolute Gasteiger partial charge is 0.478 e. The zero-order valence-corrected chi connectivity index (χ0v) is 9.00. The molecule has 1 heterocycles. The van der Waals surface area contributed by atoms with Crippen LogP contribution in [0.2, 0.25) is 0 Å². The monoisotopic (exact) mass is 222 g/mol. The lowest BCUT2D eigenvalue weighted by Gasteiger charge is -1.96. The number of rotatable bonds is 3. The molecular weight excluding hydrogens is 212 g/mol. The number of furan rings is 1. The maximum Gasteiger partial charge on any atom is 0.339 e. The van der Waals surface area contributed by atoms with Crippen molar-refractivity contribution < 1.29 is 14.3 Å². The van der Waals surface area contributed by atoms with E-state index in [0.717, 1.165) is 16.7 Å². The van der Waals surface area contributed by atoms with Crippen LogP contribution in [0.15, 0.2) is 28.9 Å². The van der Waals surface area contributed by atoms with Gasteiger partial charge < -0.3 is 9.52 Å². The van der Waals surface area contributed by atoms with Crippen LogP contribution in [-0.2, 0) is 5.75 Å². The van der Waals surface area contributed by atoms with Gasteiger partial charge in [0, 0.05) is 16.7 Å². The third kappa shape index (κ3) is 1.72. The number of aromatic carboxylic acids is 1. The highest BCUT2D eigenvalue weighted by Gasteiger charge is 2.13. The average molecular weight is 222 g/mol. The van der Waals surface area contributed by atoms with E-state index < -0.39 is 5.97 Å². The first kappa shape index (κ1) is 10.1. The van der Waals surface area contributed by atoms with Crippen LogP contribution in [0.5, 0.6) is 0 Å². The van der Waals surface area contributed by atoms with Gasteiger partial charge in [0.25, 0.3) is 0 Å². The highest BCUT2D eigenvalue weighted by molar-refractivity contribution is 7.97. The van der Waals surface area contributed by atoms with Crippen LogP contribution < -0.4 is 0 Å². The third-order valence-electron chi connectivity index (χ3n) is 2.21. The third-order valence-corrected chi connectivity index (χ3v) is 2.81. The van der Waals surface area contributed by atoms with Gasteiger partial charge in [0.1, 0.15) is 11.1 Å². The van der Waals surface area contributed by atoms with Gasteiger partial charge in [0.05, 0.1) is 6.26 Å². The molecule has 3 nitrogen and oxygen atoms in total. The molecular formula is C11H10O3S. The van der Waals surface area contributed by atoms with Gasteiger partial charge in [-0.2, -0.15) is 11.8 Å². The Kier molecular flexibility index (Phi) is 2.68. The second-order valence-corrected chi connectivity index (χ2v) is 4.05. The van der Waals surface area contributed by atoms with Crippen molar-refractivity contribution in [3.05, 3.63) is 35.6 Å². The molecule has 2 rings (SSSR count). The maximum absolute atomic E-state index is 10.9. The Morgan fingerprint density at radius 2 is 2.33 bits per heavy atom. The number of carboxylic acids is 1. The Balaban J connectivity index is 2.63. The number of carboxylic acid groups (broad SMARTS) is 1. The Morgan fingerprint density at radius 1 is 1.53 bits per heavy atom. The van der Waals surface area contributed by atoms with Gasteiger partial charge >= 0.3 is 5.97 Å². The minimum atomic E-state index is -0.953. The summed E-state index contributed by atoms with van der Waals surface area (Å²) in [4.78, 5) is 10.9. The molecule has 0 aliphatic rings. The summed E-state index contributed by atoms with van der Waals surface area (Å²) < 4.78 is 5.30. The summed E-state index contributed by atoms with van der Waals surface area (Å²) in [6.07, 6.45) is 3.63. The van der Waals surface area contributed by atoms with Gasteiger partial charge in [-0.05, 0) is 12.3 Å². The average Bonchev–Trinajstić information content (AvgIpc) is 2.62. The van der Waals surface area contributed by atoms with Crippen molar-refractivity contribution in [2.24, 2.45) is 0 Å². The maximum atomic E-state index is 10.9. The Morgan fingerprint density at radius 3 is 3.00 bits per heavy atom. The van der Waals surface area contributed by atoms with E-state index in [2.05, 4.69) is 0 Å². The number of para-hydroxylation sites is 1. The van der Waals surface area contributed by atoms with Crippen LogP contribution in [0.1, 0.15) is 15.9 Å². The van der Waals surface area contributed by atoms with E-state index in [-0.39, 0.29) is 5.56 Å². The highest BCUT2D eigenvalue weighted by atomic mass is 32.2. The molecule has 4 heteroatoms. The lowest BCUT2D eigenvalue weighted by molar-refractivity contribution is 0.0698. The molecule has 0 radical (unpaired) electrons. The van der Waals surface area contributed by atoms with Crippen LogP contribution in [0, 0.1) is 0 Å². The fourth-order valence-electron chi connectivity index (χ4n) is 1.55. The molecule has 0 saturated heterocycles. The second kappa shape index (κ2) is 3.98. The normalized spacial score (nSPS) is 10.7. The standard InChI is InChI=1S/C11H10O3S/c1-15-6-7-5-14-10-8(7)3-2-4-9(10)11(12)13/h2-5H,6H2,1H3,(H,12,13). The van der Waals surface area contributed by atoms with E-state index in [0.29, 0.717) is 5.58 Å². The molecule has 0 spiro atoms. The van der Waals surface area contributed by atoms with Crippen molar-refractivity contribution >= 4 is 28.7 Å². The summed E-state index contributed by atoms with van der Waals surface area (Å²) >= 11 is 1.68. The smallest absolute Gasteiger partial charge is 0.339 e. The number of hydrogen-bond acceptors (Lipinski definition) is 3. The number of fused-ring (bicyclic) bond motifs is 1. The van der Waals surface area contributed by atoms with Gasteiger partial charge in [0.15, 0.2) is 0 Å². The van der Waals surface area contributed by atoms with E-state index in [1.807, 2.05) is 12.3 Å².